The number of benzene rings is 2. The molecular weight excluding hydrogens is 452 g/mol. The number of hydrogen-bond donors (Lipinski definition) is 0. The number of nitrogens with zero attached hydrogens (tertiary/aromatic N) is 2. The normalized spacial score (nSPS) is 14.1. The molecule has 144 valence electrons. The van der Waals surface area contributed by atoms with E-state index in [0.717, 1.165) is 22.1 Å². The van der Waals surface area contributed by atoms with E-state index < -0.39 is 10.0 Å². The van der Waals surface area contributed by atoms with Crippen LogP contribution in [-0.4, -0.2) is 38.3 Å². The van der Waals surface area contributed by atoms with Gasteiger partial charge in [0.2, 0.25) is 10.0 Å². The molecule has 3 rings (SSSR count). The van der Waals surface area contributed by atoms with Crippen LogP contribution in [0.25, 0.3) is 0 Å². The third-order valence-corrected chi connectivity index (χ3v) is 7.61. The minimum Gasteiger partial charge on any atom is -0.308 e. The first-order valence-corrected chi connectivity index (χ1v) is 11.1. The van der Waals surface area contributed by atoms with Crippen molar-refractivity contribution in [3.63, 3.8) is 0 Å². The molecule has 0 aliphatic carbocycles. The highest BCUT2D eigenvalue weighted by molar-refractivity contribution is 9.10. The van der Waals surface area contributed by atoms with Gasteiger partial charge in [0.15, 0.2) is 0 Å². The molecule has 0 spiro atoms. The number of amides is 1. The van der Waals surface area contributed by atoms with Gasteiger partial charge >= 0.3 is 0 Å². The van der Waals surface area contributed by atoms with Crippen LogP contribution in [0.3, 0.4) is 0 Å². The van der Waals surface area contributed by atoms with Crippen molar-refractivity contribution < 1.29 is 13.2 Å². The fraction of sp³-hybridized carbons (Fsp3) is 0.316. The first-order chi connectivity index (χ1) is 12.6. The lowest BCUT2D eigenvalue weighted by Crippen LogP contribution is -2.33. The second-order valence-corrected chi connectivity index (χ2v) is 10.1. The highest BCUT2D eigenvalue weighted by Crippen LogP contribution is 2.33. The van der Waals surface area contributed by atoms with E-state index in [1.807, 2.05) is 18.2 Å². The van der Waals surface area contributed by atoms with Crippen LogP contribution in [0.5, 0.6) is 0 Å². The second kappa shape index (κ2) is 7.54. The summed E-state index contributed by atoms with van der Waals surface area (Å²) in [5.74, 6) is -0.301. The Morgan fingerprint density at radius 1 is 1.22 bits per heavy atom. The Labute approximate surface area is 173 Å². The smallest absolute Gasteiger partial charge is 0.259 e. The van der Waals surface area contributed by atoms with Crippen LogP contribution < -0.4 is 4.90 Å². The molecule has 1 aliphatic rings. The number of fused-ring (bicyclic) bond motifs is 1. The quantitative estimate of drug-likeness (QED) is 0.667. The summed E-state index contributed by atoms with van der Waals surface area (Å²) < 4.78 is 27.8. The SMILES string of the molecule is CC(C)N(C)S(=O)(=O)c1ccc(Cl)c(C(=O)N2CCc3cc(Br)ccc32)c1. The molecule has 0 saturated heterocycles. The molecule has 1 aliphatic heterocycles. The topological polar surface area (TPSA) is 57.7 Å². The molecule has 1 heterocycles. The van der Waals surface area contributed by atoms with Crippen LogP contribution in [0.15, 0.2) is 45.8 Å². The largest absolute Gasteiger partial charge is 0.308 e. The zero-order valence-corrected chi connectivity index (χ0v) is 18.4. The molecule has 0 atom stereocenters. The van der Waals surface area contributed by atoms with Crippen LogP contribution in [0.4, 0.5) is 5.69 Å². The van der Waals surface area contributed by atoms with Crippen LogP contribution in [-0.2, 0) is 16.4 Å². The van der Waals surface area contributed by atoms with Crippen molar-refractivity contribution in [2.75, 3.05) is 18.5 Å². The maximum Gasteiger partial charge on any atom is 0.259 e. The third-order valence-electron chi connectivity index (χ3n) is 4.75. The summed E-state index contributed by atoms with van der Waals surface area (Å²) in [6.45, 7) is 4.11. The van der Waals surface area contributed by atoms with Crippen LogP contribution in [0.2, 0.25) is 5.02 Å². The minimum atomic E-state index is -3.70. The van der Waals surface area contributed by atoms with Gasteiger partial charge in [0, 0.05) is 29.8 Å². The van der Waals surface area contributed by atoms with E-state index in [9.17, 15) is 13.2 Å². The van der Waals surface area contributed by atoms with Gasteiger partial charge in [0.1, 0.15) is 0 Å². The molecule has 0 N–H and O–H groups in total. The Hall–Kier alpha value is -1.41. The van der Waals surface area contributed by atoms with Crippen molar-refractivity contribution in [2.45, 2.75) is 31.2 Å². The number of sulfonamides is 1. The van der Waals surface area contributed by atoms with E-state index >= 15 is 0 Å². The molecular formula is C19H20BrClN2O3S. The van der Waals surface area contributed by atoms with E-state index in [-0.39, 0.29) is 27.4 Å². The van der Waals surface area contributed by atoms with Gasteiger partial charge in [-0.1, -0.05) is 27.5 Å². The third kappa shape index (κ3) is 3.78. The van der Waals surface area contributed by atoms with Crippen molar-refractivity contribution in [3.8, 4) is 0 Å². The first kappa shape index (κ1) is 20.3. The number of hydrogen-bond acceptors (Lipinski definition) is 3. The highest BCUT2D eigenvalue weighted by atomic mass is 79.9. The van der Waals surface area contributed by atoms with E-state index in [1.165, 1.54) is 29.6 Å². The lowest BCUT2D eigenvalue weighted by molar-refractivity contribution is 0.0989. The van der Waals surface area contributed by atoms with Crippen molar-refractivity contribution in [2.24, 2.45) is 0 Å². The number of carbonyl (C=O) groups is 1. The lowest BCUT2D eigenvalue weighted by Gasteiger charge is -2.22. The van der Waals surface area contributed by atoms with Crippen molar-refractivity contribution >= 4 is 49.1 Å². The Bertz CT molecular complexity index is 1010. The minimum absolute atomic E-state index is 0.0571. The molecule has 0 aromatic heterocycles. The van der Waals surface area contributed by atoms with Crippen molar-refractivity contribution in [3.05, 3.63) is 57.0 Å². The lowest BCUT2D eigenvalue weighted by atomic mass is 10.1. The van der Waals surface area contributed by atoms with Crippen LogP contribution in [0, 0.1) is 0 Å². The van der Waals surface area contributed by atoms with Crippen LogP contribution >= 0.6 is 27.5 Å². The van der Waals surface area contributed by atoms with E-state index in [4.69, 9.17) is 11.6 Å². The fourth-order valence-corrected chi connectivity index (χ4v) is 5.00. The molecule has 0 saturated carbocycles. The van der Waals surface area contributed by atoms with Crippen LogP contribution in [0.1, 0.15) is 29.8 Å². The monoisotopic (exact) mass is 470 g/mol. The average Bonchev–Trinajstić information content (AvgIpc) is 3.03. The molecule has 0 bridgehead atoms. The molecule has 1 amide bonds. The van der Waals surface area contributed by atoms with Gasteiger partial charge in [0.25, 0.3) is 5.91 Å². The molecule has 0 unspecified atom stereocenters. The highest BCUT2D eigenvalue weighted by Gasteiger charge is 2.29. The first-order valence-electron chi connectivity index (χ1n) is 8.51. The molecule has 27 heavy (non-hydrogen) atoms. The fourth-order valence-electron chi connectivity index (χ4n) is 3.00. The Kier molecular flexibility index (Phi) is 5.68. The standard InChI is InChI=1S/C19H20BrClN2O3S/c1-12(2)22(3)27(25,26)15-5-6-17(21)16(11-15)19(24)23-9-8-13-10-14(20)4-7-18(13)23/h4-7,10-12H,8-9H2,1-3H3. The van der Waals surface area contributed by atoms with Gasteiger partial charge in [0.05, 0.1) is 15.5 Å². The van der Waals surface area contributed by atoms with Gasteiger partial charge in [-0.2, -0.15) is 4.31 Å². The molecule has 0 radical (unpaired) electrons. The summed E-state index contributed by atoms with van der Waals surface area (Å²) in [6, 6.07) is 9.82. The molecule has 0 fully saturated rings. The predicted octanol–water partition coefficient (Wildman–Crippen LogP) is 4.33. The van der Waals surface area contributed by atoms with Gasteiger partial charge < -0.3 is 4.90 Å². The summed E-state index contributed by atoms with van der Waals surface area (Å²) in [4.78, 5) is 14.8. The summed E-state index contributed by atoms with van der Waals surface area (Å²) in [7, 11) is -2.18. The van der Waals surface area contributed by atoms with Gasteiger partial charge in [-0.3, -0.25) is 4.79 Å². The van der Waals surface area contributed by atoms with E-state index in [2.05, 4.69) is 15.9 Å². The maximum absolute atomic E-state index is 13.1. The number of halogens is 2. The van der Waals surface area contributed by atoms with Gasteiger partial charge in [-0.25, -0.2) is 8.42 Å². The number of rotatable bonds is 4. The summed E-state index contributed by atoms with van der Waals surface area (Å²) in [6.07, 6.45) is 0.742. The molecule has 2 aromatic carbocycles. The second-order valence-electron chi connectivity index (χ2n) is 6.74. The zero-order chi connectivity index (χ0) is 19.9. The predicted molar refractivity (Wildman–Crippen MR) is 111 cm³/mol. The molecule has 5 nitrogen and oxygen atoms in total. The van der Waals surface area contributed by atoms with E-state index in [1.54, 1.807) is 18.7 Å². The Balaban J connectivity index is 2.00. The Morgan fingerprint density at radius 2 is 1.93 bits per heavy atom. The number of anilines is 1. The summed E-state index contributed by atoms with van der Waals surface area (Å²) in [5.41, 5.74) is 2.08. The van der Waals surface area contributed by atoms with Gasteiger partial charge in [-0.15, -0.1) is 0 Å². The maximum atomic E-state index is 13.1. The molecule has 2 aromatic rings. The molecule has 8 heteroatoms. The van der Waals surface area contributed by atoms with Gasteiger partial charge in [-0.05, 0) is 62.2 Å². The van der Waals surface area contributed by atoms with Crippen molar-refractivity contribution in [1.29, 1.82) is 0 Å². The number of carbonyl (C=O) groups excluding carboxylic acids is 1. The van der Waals surface area contributed by atoms with Crippen molar-refractivity contribution in [1.82, 2.24) is 4.31 Å². The van der Waals surface area contributed by atoms with E-state index in [0.29, 0.717) is 6.54 Å². The zero-order valence-electron chi connectivity index (χ0n) is 15.2. The summed E-state index contributed by atoms with van der Waals surface area (Å²) >= 11 is 9.69. The average molecular weight is 472 g/mol. The Morgan fingerprint density at radius 3 is 2.59 bits per heavy atom. The summed E-state index contributed by atoms with van der Waals surface area (Å²) in [5, 5.41) is 0.233.